The summed E-state index contributed by atoms with van der Waals surface area (Å²) in [6.07, 6.45) is 0. The lowest BCUT2D eigenvalue weighted by atomic mass is 9.65. The van der Waals surface area contributed by atoms with Gasteiger partial charge in [-0.2, -0.15) is 0 Å². The van der Waals surface area contributed by atoms with Gasteiger partial charge in [0.1, 0.15) is 23.0 Å². The molecule has 0 saturated heterocycles. The summed E-state index contributed by atoms with van der Waals surface area (Å²) in [5.41, 5.74) is 29.8. The lowest BCUT2D eigenvalue weighted by molar-refractivity contribution is 0.436. The van der Waals surface area contributed by atoms with Crippen LogP contribution in [-0.4, -0.2) is 34.1 Å². The Labute approximate surface area is 777 Å². The van der Waals surface area contributed by atoms with E-state index in [1.165, 1.54) is 62.2 Å². The highest BCUT2D eigenvalue weighted by atomic mass is 32.1. The second-order valence-electron chi connectivity index (χ2n) is 35.4. The summed E-state index contributed by atoms with van der Waals surface area (Å²) >= 11 is 3.72. The Hall–Kier alpha value is -17.1. The molecule has 0 N–H and O–H groups in total. The van der Waals surface area contributed by atoms with Gasteiger partial charge in [0.15, 0.2) is 23.3 Å². The van der Waals surface area contributed by atoms with Gasteiger partial charge < -0.3 is 18.6 Å². The molecule has 25 aromatic rings. The topological polar surface area (TPSA) is 92.8 Å². The van der Waals surface area contributed by atoms with Crippen LogP contribution in [-0.2, 0) is 10.8 Å². The Balaban J connectivity index is 0.660. The average Bonchev–Trinajstić information content (AvgIpc) is 1.48. The van der Waals surface area contributed by atoms with Gasteiger partial charge in [-0.3, -0.25) is 0 Å². The number of rotatable bonds is 10. The molecule has 11 heteroatoms. The Morgan fingerprint density at radius 3 is 1.32 bits per heavy atom. The Morgan fingerprint density at radius 2 is 0.672 bits per heavy atom. The minimum absolute atomic E-state index is 0.581. The Morgan fingerprint density at radius 1 is 0.209 bits per heavy atom. The smallest absolute Gasteiger partial charge is 0.164 e. The maximum atomic E-state index is 7.79. The van der Waals surface area contributed by atoms with Crippen molar-refractivity contribution in [1.29, 1.82) is 0 Å². The number of hydrogen-bond acceptors (Lipinski definition) is 9. The summed E-state index contributed by atoms with van der Waals surface area (Å²) < 4.78 is 24.8. The van der Waals surface area contributed by atoms with Crippen LogP contribution in [0, 0.1) is 0 Å². The van der Waals surface area contributed by atoms with Crippen molar-refractivity contribution in [2.45, 2.75) is 10.8 Å². The number of thiophene rings is 2. The maximum Gasteiger partial charge on any atom is 0.164 e. The van der Waals surface area contributed by atoms with Gasteiger partial charge >= 0.3 is 0 Å². The molecule has 0 bridgehead atoms. The minimum Gasteiger partial charge on any atom is -0.457 e. The molecule has 134 heavy (non-hydrogen) atoms. The van der Waals surface area contributed by atoms with Crippen LogP contribution in [0.5, 0.6) is 23.0 Å². The van der Waals surface area contributed by atoms with E-state index in [1.54, 1.807) is 0 Å². The van der Waals surface area contributed by atoms with E-state index < -0.39 is 10.8 Å². The molecule has 2 aliphatic heterocycles. The van der Waals surface area contributed by atoms with E-state index in [2.05, 4.69) is 397 Å². The van der Waals surface area contributed by atoms with Gasteiger partial charge in [0.2, 0.25) is 0 Å². The molecule has 8 heterocycles. The zero-order chi connectivity index (χ0) is 87.6. The van der Waals surface area contributed by atoms with Crippen LogP contribution in [0.2, 0.25) is 0 Å². The van der Waals surface area contributed by atoms with E-state index in [0.717, 1.165) is 190 Å². The van der Waals surface area contributed by atoms with Crippen molar-refractivity contribution in [3.63, 3.8) is 0 Å². The van der Waals surface area contributed by atoms with E-state index in [0.29, 0.717) is 23.3 Å². The van der Waals surface area contributed by atoms with Crippen molar-refractivity contribution < 1.29 is 9.47 Å². The third-order valence-corrected chi connectivity index (χ3v) is 30.8. The summed E-state index contributed by atoms with van der Waals surface area (Å²) in [5.74, 6) is 5.65. The van der Waals surface area contributed by atoms with Crippen molar-refractivity contribution in [3.05, 3.63) is 475 Å². The van der Waals surface area contributed by atoms with Crippen LogP contribution >= 0.6 is 22.7 Å². The maximum absolute atomic E-state index is 7.79. The molecule has 622 valence electrons. The van der Waals surface area contributed by atoms with E-state index in [-0.39, 0.29) is 0 Å². The predicted molar refractivity (Wildman–Crippen MR) is 548 cm³/mol. The van der Waals surface area contributed by atoms with E-state index in [1.807, 2.05) is 65.1 Å². The van der Waals surface area contributed by atoms with Crippen molar-refractivity contribution in [2.24, 2.45) is 0 Å². The molecule has 19 aromatic carbocycles. The highest BCUT2D eigenvalue weighted by molar-refractivity contribution is 7.26. The molecular weight excluding hydrogens is 1670 g/mol. The second-order valence-corrected chi connectivity index (χ2v) is 37.6. The fourth-order valence-corrected chi connectivity index (χ4v) is 25.1. The number of benzene rings is 19. The van der Waals surface area contributed by atoms with Crippen LogP contribution in [0.3, 0.4) is 0 Å². The van der Waals surface area contributed by atoms with Crippen LogP contribution in [0.15, 0.2) is 431 Å². The van der Waals surface area contributed by atoms with E-state index >= 15 is 0 Å². The number of ether oxygens (including phenoxy) is 2. The molecule has 0 fully saturated rings. The van der Waals surface area contributed by atoms with Gasteiger partial charge in [0, 0.05) is 134 Å². The Bertz CT molecular complexity index is 9180. The summed E-state index contributed by atoms with van der Waals surface area (Å²) in [6.45, 7) is 0. The quantitative estimate of drug-likeness (QED) is 0.135. The van der Waals surface area contributed by atoms with Crippen molar-refractivity contribution in [2.75, 3.05) is 0 Å². The van der Waals surface area contributed by atoms with E-state index in [9.17, 15) is 0 Å². The van der Waals surface area contributed by atoms with Crippen LogP contribution in [0.4, 0.5) is 0 Å². The highest BCUT2D eigenvalue weighted by Gasteiger charge is 2.54. The fraction of sp³-hybridized carbons (Fsp3) is 0.0163. The van der Waals surface area contributed by atoms with Crippen LogP contribution in [0.1, 0.15) is 44.5 Å². The first-order chi connectivity index (χ1) is 66.4. The van der Waals surface area contributed by atoms with Crippen molar-refractivity contribution in [3.8, 4) is 147 Å². The monoisotopic (exact) mass is 1740 g/mol. The Kier molecular flexibility index (Phi) is 16.0. The fourth-order valence-electron chi connectivity index (χ4n) is 22.9. The second kappa shape index (κ2) is 28.7. The molecule has 1 atom stereocenters. The largest absolute Gasteiger partial charge is 0.457 e. The number of aromatic nitrogens is 7. The zero-order valence-electron chi connectivity index (χ0n) is 71.8. The van der Waals surface area contributed by atoms with Gasteiger partial charge in [-0.25, -0.2) is 24.9 Å². The number of fused-ring (bicyclic) bond motifs is 32. The summed E-state index contributed by atoms with van der Waals surface area (Å²) in [6, 6.07) is 157. The van der Waals surface area contributed by atoms with Gasteiger partial charge in [-0.1, -0.05) is 328 Å². The average molecular weight is 1740 g/mol. The van der Waals surface area contributed by atoms with Crippen molar-refractivity contribution >= 4 is 107 Å². The molecule has 2 spiro atoms. The standard InChI is InChI=1S/C123H71N7O2S2/c1-6-29-72(30-7-1)101-71-102(125-118(124-101)73-31-8-2-9-32-73)78-56-62-94-91(66-78)90-65-76(89-70-111-114(88-41-18-27-52-109(88)134-111)116-112(89)86-39-16-22-47-103(86)129(116)80-37-14-5-15-38-80)55-61-93(90)122(94)98-45-21-25-50-107(98)132-117-82(42-28-46-99(117)122)77-53-59-84-85-60-64-110-113(87-40-17-26-51-108(87)133-110)115(85)130(104(84)68-77)81-57-63-95-92(69-81)83-58-54-79(67-100(83)123(95)96-43-19-23-48-105(96)131-106-49-24-20-44-97(106)123)121-127-119(74-33-10-3-11-34-74)126-120(128-121)75-35-12-4-13-36-75/h1-71H. The first-order valence-corrected chi connectivity index (χ1v) is 47.1. The lowest BCUT2D eigenvalue weighted by Gasteiger charge is -2.40. The molecule has 4 aliphatic rings. The summed E-state index contributed by atoms with van der Waals surface area (Å²) in [7, 11) is 0. The zero-order valence-corrected chi connectivity index (χ0v) is 73.4. The molecule has 29 rings (SSSR count). The minimum atomic E-state index is -0.914. The van der Waals surface area contributed by atoms with Gasteiger partial charge in [0.05, 0.1) is 44.3 Å². The molecule has 1 unspecified atom stereocenters. The SMILES string of the molecule is c1ccc(-c2cc(-c3ccc4c(c3)-c3cc(-c5cc6sc7ccccc7c6c6c5c5ccccc5n6-c5ccccc5)ccc3C43c4ccccc4Oc4c(-c5ccc6c7ccc8sc9ccccc9c8c7n(-c7ccc8c(c7)-c7ccc(-c9nc(-c%10ccccc%10)nc(-c%10ccccc%10)n9)cc7C87c8ccccc8Oc8ccccc87)c6c5)cccc43)nc(-c3ccccc3)n2)cc1. The highest BCUT2D eigenvalue weighted by Crippen LogP contribution is 2.67. The molecule has 0 amide bonds. The number of hydrogen-bond donors (Lipinski definition) is 0. The number of para-hydroxylation sites is 6. The molecule has 0 saturated carbocycles. The normalized spacial score (nSPS) is 14.0. The van der Waals surface area contributed by atoms with E-state index in [4.69, 9.17) is 34.4 Å². The first kappa shape index (κ1) is 74.8. The van der Waals surface area contributed by atoms with Crippen molar-refractivity contribution in [1.82, 2.24) is 34.1 Å². The predicted octanol–water partition coefficient (Wildman–Crippen LogP) is 31.9. The molecule has 2 aliphatic carbocycles. The van der Waals surface area contributed by atoms with Gasteiger partial charge in [-0.15, -0.1) is 22.7 Å². The number of nitrogens with zero attached hydrogens (tertiary/aromatic N) is 7. The van der Waals surface area contributed by atoms with Crippen LogP contribution in [0.25, 0.3) is 208 Å². The lowest BCUT2D eigenvalue weighted by Crippen LogP contribution is -2.32. The first-order valence-electron chi connectivity index (χ1n) is 45.5. The molecule has 9 nitrogen and oxygen atoms in total. The summed E-state index contributed by atoms with van der Waals surface area (Å²) in [5, 5.41) is 9.66. The molecular formula is C123H71N7O2S2. The van der Waals surface area contributed by atoms with Crippen LogP contribution < -0.4 is 9.47 Å². The third kappa shape index (κ3) is 10.7. The van der Waals surface area contributed by atoms with Gasteiger partial charge in [0.25, 0.3) is 0 Å². The van der Waals surface area contributed by atoms with Gasteiger partial charge in [-0.05, 0) is 164 Å². The third-order valence-electron chi connectivity index (χ3n) is 28.5. The molecule has 0 radical (unpaired) electrons. The molecule has 6 aromatic heterocycles. The summed E-state index contributed by atoms with van der Waals surface area (Å²) in [4.78, 5) is 26.7.